The largest absolute Gasteiger partial charge is 0.489 e. The third-order valence-corrected chi connectivity index (χ3v) is 8.43. The second kappa shape index (κ2) is 12.0. The lowest BCUT2D eigenvalue weighted by atomic mass is 9.94. The van der Waals surface area contributed by atoms with Crippen molar-refractivity contribution in [3.63, 3.8) is 0 Å². The van der Waals surface area contributed by atoms with Crippen LogP contribution in [0.4, 0.5) is 0 Å². The van der Waals surface area contributed by atoms with Crippen LogP contribution < -0.4 is 4.74 Å². The van der Waals surface area contributed by atoms with E-state index < -0.39 is 5.97 Å². The van der Waals surface area contributed by atoms with Crippen molar-refractivity contribution in [3.05, 3.63) is 70.1 Å². The second-order valence-electron chi connectivity index (χ2n) is 10.1. The Kier molecular flexibility index (Phi) is 8.29. The van der Waals surface area contributed by atoms with E-state index in [1.807, 2.05) is 35.2 Å². The number of thioether (sulfide) groups is 1. The van der Waals surface area contributed by atoms with Gasteiger partial charge in [0, 0.05) is 6.04 Å². The minimum atomic E-state index is -0.940. The van der Waals surface area contributed by atoms with Gasteiger partial charge in [0.1, 0.15) is 12.4 Å². The first-order valence-corrected chi connectivity index (χ1v) is 14.2. The van der Waals surface area contributed by atoms with Gasteiger partial charge in [0.15, 0.2) is 5.17 Å². The molecule has 2 saturated carbocycles. The van der Waals surface area contributed by atoms with Gasteiger partial charge in [0.25, 0.3) is 5.91 Å². The number of aliphatic imine (C=N–C) groups is 1. The van der Waals surface area contributed by atoms with Crippen LogP contribution >= 0.6 is 11.8 Å². The smallest absolute Gasteiger partial charge is 0.335 e. The zero-order valence-electron chi connectivity index (χ0n) is 21.1. The molecule has 2 aromatic rings. The molecule has 1 heterocycles. The molecule has 0 radical (unpaired) electrons. The van der Waals surface area contributed by atoms with Crippen molar-refractivity contribution < 1.29 is 19.4 Å². The summed E-state index contributed by atoms with van der Waals surface area (Å²) < 4.78 is 5.87. The predicted molar refractivity (Wildman–Crippen MR) is 148 cm³/mol. The van der Waals surface area contributed by atoms with E-state index in [4.69, 9.17) is 14.8 Å². The Balaban J connectivity index is 1.27. The topological polar surface area (TPSA) is 79.2 Å². The SMILES string of the molecule is O=C(O)c1ccc(COc2ccc(C=C3SC(=NC4CCCCC4)N(C4CCCCC4)C3=O)cc2)cc1. The minimum Gasteiger partial charge on any atom is -0.489 e. The van der Waals surface area contributed by atoms with Crippen LogP contribution in [0.2, 0.25) is 0 Å². The fraction of sp³-hybridized carbons (Fsp3) is 0.433. The number of carboxylic acid groups (broad SMARTS) is 1. The predicted octanol–water partition coefficient (Wildman–Crippen LogP) is 6.90. The van der Waals surface area contributed by atoms with E-state index >= 15 is 0 Å². The molecule has 3 fully saturated rings. The molecular weight excluding hydrogens is 484 g/mol. The molecule has 7 heteroatoms. The molecule has 1 saturated heterocycles. The van der Waals surface area contributed by atoms with Gasteiger partial charge in [-0.2, -0.15) is 0 Å². The van der Waals surface area contributed by atoms with Crippen LogP contribution in [-0.2, 0) is 11.4 Å². The standard InChI is InChI=1S/C30H34N2O4S/c33-28-27(37-30(31-24-7-3-1-4-8-24)32(28)25-9-5-2-6-10-25)19-21-13-17-26(18-14-21)36-20-22-11-15-23(16-12-22)29(34)35/h11-19,24-25H,1-10,20H2,(H,34,35). The number of rotatable bonds is 7. The molecule has 1 amide bonds. The van der Waals surface area contributed by atoms with Gasteiger partial charge in [0.2, 0.25) is 0 Å². The third kappa shape index (κ3) is 6.45. The zero-order chi connectivity index (χ0) is 25.6. The van der Waals surface area contributed by atoms with Gasteiger partial charge in [-0.25, -0.2) is 4.79 Å². The third-order valence-electron chi connectivity index (χ3n) is 7.43. The Hall–Kier alpha value is -3.06. The fourth-order valence-electron chi connectivity index (χ4n) is 5.33. The van der Waals surface area contributed by atoms with Crippen LogP contribution in [-0.4, -0.2) is 39.1 Å². The van der Waals surface area contributed by atoms with Crippen LogP contribution in [0, 0.1) is 0 Å². The van der Waals surface area contributed by atoms with Crippen molar-refractivity contribution in [1.82, 2.24) is 4.90 Å². The Morgan fingerprint density at radius 2 is 1.59 bits per heavy atom. The number of hydrogen-bond acceptors (Lipinski definition) is 5. The number of ether oxygens (including phenoxy) is 1. The molecule has 0 aromatic heterocycles. The minimum absolute atomic E-state index is 0.0941. The lowest BCUT2D eigenvalue weighted by Crippen LogP contribution is -2.41. The maximum Gasteiger partial charge on any atom is 0.335 e. The Morgan fingerprint density at radius 3 is 2.24 bits per heavy atom. The molecule has 6 nitrogen and oxygen atoms in total. The maximum atomic E-state index is 13.5. The molecule has 2 aliphatic carbocycles. The number of carboxylic acids is 1. The first-order valence-electron chi connectivity index (χ1n) is 13.4. The molecule has 3 aliphatic rings. The van der Waals surface area contributed by atoms with E-state index in [9.17, 15) is 9.59 Å². The monoisotopic (exact) mass is 518 g/mol. The number of aromatic carboxylic acids is 1. The molecule has 1 aliphatic heterocycles. The summed E-state index contributed by atoms with van der Waals surface area (Å²) in [5.41, 5.74) is 2.11. The molecular formula is C30H34N2O4S. The lowest BCUT2D eigenvalue weighted by Gasteiger charge is -2.31. The van der Waals surface area contributed by atoms with Crippen LogP contribution in [0.3, 0.4) is 0 Å². The van der Waals surface area contributed by atoms with Gasteiger partial charge >= 0.3 is 5.97 Å². The quantitative estimate of drug-likeness (QED) is 0.403. The molecule has 2 aromatic carbocycles. The molecule has 5 rings (SSSR count). The first kappa shape index (κ1) is 25.6. The fourth-order valence-corrected chi connectivity index (χ4v) is 6.44. The van der Waals surface area contributed by atoms with Gasteiger partial charge < -0.3 is 9.84 Å². The van der Waals surface area contributed by atoms with Gasteiger partial charge in [-0.3, -0.25) is 14.7 Å². The number of carbonyl (C=O) groups is 2. The van der Waals surface area contributed by atoms with Crippen molar-refractivity contribution in [1.29, 1.82) is 0 Å². The van der Waals surface area contributed by atoms with E-state index in [1.54, 1.807) is 24.3 Å². The van der Waals surface area contributed by atoms with Crippen molar-refractivity contribution in [2.75, 3.05) is 0 Å². The van der Waals surface area contributed by atoms with Crippen LogP contribution in [0.25, 0.3) is 6.08 Å². The summed E-state index contributed by atoms with van der Waals surface area (Å²) in [6.07, 6.45) is 13.7. The van der Waals surface area contributed by atoms with Gasteiger partial charge in [0.05, 0.1) is 16.5 Å². The number of amides is 1. The van der Waals surface area contributed by atoms with E-state index in [2.05, 4.69) is 0 Å². The number of carbonyl (C=O) groups excluding carboxylic acids is 1. The van der Waals surface area contributed by atoms with Crippen LogP contribution in [0.15, 0.2) is 58.4 Å². The molecule has 0 unspecified atom stereocenters. The number of nitrogens with zero attached hydrogens (tertiary/aromatic N) is 2. The summed E-state index contributed by atoms with van der Waals surface area (Å²) in [5.74, 6) is -0.125. The molecule has 0 atom stereocenters. The maximum absolute atomic E-state index is 13.5. The van der Waals surface area contributed by atoms with Gasteiger partial charge in [-0.05, 0) is 78.9 Å². The Morgan fingerprint density at radius 1 is 0.946 bits per heavy atom. The van der Waals surface area contributed by atoms with E-state index in [0.717, 1.165) is 52.6 Å². The van der Waals surface area contributed by atoms with E-state index in [-0.39, 0.29) is 17.5 Å². The summed E-state index contributed by atoms with van der Waals surface area (Å²) in [6, 6.07) is 15.0. The highest BCUT2D eigenvalue weighted by Gasteiger charge is 2.39. The van der Waals surface area contributed by atoms with Crippen molar-refractivity contribution in [2.24, 2.45) is 4.99 Å². The normalized spacial score (nSPS) is 21.6. The van der Waals surface area contributed by atoms with E-state index in [1.165, 1.54) is 50.3 Å². The van der Waals surface area contributed by atoms with Crippen molar-refractivity contribution >= 4 is 34.9 Å². The second-order valence-corrected chi connectivity index (χ2v) is 11.2. The number of hydrogen-bond donors (Lipinski definition) is 1. The Labute approximate surface area is 222 Å². The van der Waals surface area contributed by atoms with Gasteiger partial charge in [-0.15, -0.1) is 0 Å². The molecule has 194 valence electrons. The van der Waals surface area contributed by atoms with Crippen molar-refractivity contribution in [2.45, 2.75) is 82.9 Å². The summed E-state index contributed by atoms with van der Waals surface area (Å²) in [6.45, 7) is 0.353. The number of benzene rings is 2. The van der Waals surface area contributed by atoms with Gasteiger partial charge in [-0.1, -0.05) is 62.8 Å². The average molecular weight is 519 g/mol. The molecule has 37 heavy (non-hydrogen) atoms. The zero-order valence-corrected chi connectivity index (χ0v) is 21.9. The highest BCUT2D eigenvalue weighted by atomic mass is 32.2. The molecule has 0 spiro atoms. The summed E-state index contributed by atoms with van der Waals surface area (Å²) in [7, 11) is 0. The van der Waals surface area contributed by atoms with Crippen molar-refractivity contribution in [3.8, 4) is 5.75 Å². The highest BCUT2D eigenvalue weighted by molar-refractivity contribution is 8.18. The average Bonchev–Trinajstić information content (AvgIpc) is 3.23. The van der Waals surface area contributed by atoms with Crippen LogP contribution in [0.5, 0.6) is 5.75 Å². The van der Waals surface area contributed by atoms with Crippen LogP contribution in [0.1, 0.15) is 85.7 Å². The van der Waals surface area contributed by atoms with E-state index in [0.29, 0.717) is 12.6 Å². The highest BCUT2D eigenvalue weighted by Crippen LogP contribution is 2.38. The summed E-state index contributed by atoms with van der Waals surface area (Å²) >= 11 is 1.54. The molecule has 1 N–H and O–H groups in total. The number of amidine groups is 1. The summed E-state index contributed by atoms with van der Waals surface area (Å²) in [4.78, 5) is 32.4. The molecule has 0 bridgehead atoms. The summed E-state index contributed by atoms with van der Waals surface area (Å²) in [5, 5.41) is 9.94. The first-order chi connectivity index (χ1) is 18.1. The lowest BCUT2D eigenvalue weighted by molar-refractivity contribution is -0.124. The Bertz CT molecular complexity index is 1160.